The Labute approximate surface area is 187 Å². The lowest BCUT2D eigenvalue weighted by Crippen LogP contribution is -1.98. The quantitative estimate of drug-likeness (QED) is 0.336. The van der Waals surface area contributed by atoms with E-state index >= 15 is 0 Å². The molecule has 0 heterocycles. The first-order valence-electron chi connectivity index (χ1n) is 9.92. The van der Waals surface area contributed by atoms with Gasteiger partial charge in [0.05, 0.1) is 14.2 Å². The Kier molecular flexibility index (Phi) is 7.81. The monoisotopic (exact) mass is 428 g/mol. The van der Waals surface area contributed by atoms with Crippen LogP contribution in [0.1, 0.15) is 20.7 Å². The minimum absolute atomic E-state index is 0.125. The first-order valence-corrected chi connectivity index (χ1v) is 9.92. The van der Waals surface area contributed by atoms with Crippen molar-refractivity contribution in [1.82, 2.24) is 0 Å². The zero-order chi connectivity index (χ0) is 22.8. The zero-order valence-corrected chi connectivity index (χ0v) is 17.9. The van der Waals surface area contributed by atoms with Gasteiger partial charge in [-0.1, -0.05) is 24.3 Å². The molecule has 6 heteroatoms. The largest absolute Gasteiger partial charge is 0.497 e. The van der Waals surface area contributed by atoms with Gasteiger partial charge in [0.1, 0.15) is 11.5 Å². The second kappa shape index (κ2) is 11.2. The molecular weight excluding hydrogens is 404 g/mol. The van der Waals surface area contributed by atoms with E-state index in [2.05, 4.69) is 10.6 Å². The van der Waals surface area contributed by atoms with Crippen molar-refractivity contribution in [2.24, 2.45) is 0 Å². The van der Waals surface area contributed by atoms with E-state index in [1.54, 1.807) is 75.2 Å². The average molecular weight is 428 g/mol. The topological polar surface area (TPSA) is 76.7 Å². The average Bonchev–Trinajstić information content (AvgIpc) is 2.85. The predicted octanol–water partition coefficient (Wildman–Crippen LogP) is 5.32. The first kappa shape index (κ1) is 22.4. The molecule has 3 aromatic rings. The molecule has 0 spiro atoms. The van der Waals surface area contributed by atoms with Gasteiger partial charge in [-0.25, -0.2) is 0 Å². The van der Waals surface area contributed by atoms with Gasteiger partial charge in [-0.3, -0.25) is 9.59 Å². The molecule has 0 radical (unpaired) electrons. The summed E-state index contributed by atoms with van der Waals surface area (Å²) >= 11 is 0. The van der Waals surface area contributed by atoms with Gasteiger partial charge in [0.2, 0.25) is 0 Å². The summed E-state index contributed by atoms with van der Waals surface area (Å²) in [5, 5.41) is 6.13. The van der Waals surface area contributed by atoms with Crippen molar-refractivity contribution in [2.75, 3.05) is 24.9 Å². The van der Waals surface area contributed by atoms with Crippen LogP contribution in [0.25, 0.3) is 0 Å². The van der Waals surface area contributed by atoms with Crippen molar-refractivity contribution in [3.8, 4) is 11.5 Å². The number of ketones is 2. The van der Waals surface area contributed by atoms with Crippen LogP contribution >= 0.6 is 0 Å². The summed E-state index contributed by atoms with van der Waals surface area (Å²) in [6.45, 7) is 0. The number of rotatable bonds is 10. The summed E-state index contributed by atoms with van der Waals surface area (Å²) < 4.78 is 10.3. The maximum atomic E-state index is 12.2. The molecule has 0 aliphatic carbocycles. The van der Waals surface area contributed by atoms with E-state index in [0.717, 1.165) is 11.4 Å². The van der Waals surface area contributed by atoms with E-state index in [9.17, 15) is 9.59 Å². The summed E-state index contributed by atoms with van der Waals surface area (Å²) in [6.07, 6.45) is 6.12. The van der Waals surface area contributed by atoms with Crippen LogP contribution in [0.2, 0.25) is 0 Å². The maximum Gasteiger partial charge on any atom is 0.187 e. The van der Waals surface area contributed by atoms with Crippen molar-refractivity contribution in [1.29, 1.82) is 0 Å². The SMILES string of the molecule is COc1cccc(C(=O)/C=C/Nc2ccc(N/C=C/C(=O)c3cccc(OC)c3)cc2)c1. The van der Waals surface area contributed by atoms with Gasteiger partial charge in [0, 0.05) is 47.1 Å². The van der Waals surface area contributed by atoms with Crippen molar-refractivity contribution in [3.05, 3.63) is 108 Å². The molecule has 0 aliphatic heterocycles. The summed E-state index contributed by atoms with van der Waals surface area (Å²) in [4.78, 5) is 24.5. The summed E-state index contributed by atoms with van der Waals surface area (Å²) in [5.41, 5.74) is 2.75. The molecule has 32 heavy (non-hydrogen) atoms. The van der Waals surface area contributed by atoms with Crippen LogP contribution in [0.15, 0.2) is 97.3 Å². The van der Waals surface area contributed by atoms with Crippen LogP contribution in [0, 0.1) is 0 Å². The highest BCUT2D eigenvalue weighted by molar-refractivity contribution is 6.05. The lowest BCUT2D eigenvalue weighted by Gasteiger charge is -2.04. The van der Waals surface area contributed by atoms with Gasteiger partial charge in [-0.05, 0) is 48.5 Å². The second-order valence-corrected chi connectivity index (χ2v) is 6.73. The van der Waals surface area contributed by atoms with E-state index in [0.29, 0.717) is 22.6 Å². The fourth-order valence-corrected chi connectivity index (χ4v) is 2.83. The number of hydrogen-bond acceptors (Lipinski definition) is 6. The van der Waals surface area contributed by atoms with Gasteiger partial charge in [0.25, 0.3) is 0 Å². The first-order chi connectivity index (χ1) is 15.6. The Balaban J connectivity index is 1.51. The lowest BCUT2D eigenvalue weighted by atomic mass is 10.1. The summed E-state index contributed by atoms with van der Waals surface area (Å²) in [5.74, 6) is 1.03. The fraction of sp³-hybridized carbons (Fsp3) is 0.0769. The van der Waals surface area contributed by atoms with Crippen molar-refractivity contribution in [3.63, 3.8) is 0 Å². The van der Waals surface area contributed by atoms with Crippen LogP contribution in [0.5, 0.6) is 11.5 Å². The number of hydrogen-bond donors (Lipinski definition) is 2. The number of methoxy groups -OCH3 is 2. The Morgan fingerprint density at radius 3 is 1.44 bits per heavy atom. The summed E-state index contributed by atoms with van der Waals surface area (Å²) in [7, 11) is 3.13. The van der Waals surface area contributed by atoms with Crippen molar-refractivity contribution >= 4 is 22.9 Å². The molecular formula is C26H24N2O4. The van der Waals surface area contributed by atoms with E-state index in [-0.39, 0.29) is 11.6 Å². The minimum Gasteiger partial charge on any atom is -0.497 e. The number of carbonyl (C=O) groups excluding carboxylic acids is 2. The molecule has 162 valence electrons. The number of nitrogens with one attached hydrogen (secondary N) is 2. The highest BCUT2D eigenvalue weighted by Crippen LogP contribution is 2.16. The Morgan fingerprint density at radius 2 is 1.06 bits per heavy atom. The number of allylic oxidation sites excluding steroid dienone is 2. The smallest absolute Gasteiger partial charge is 0.187 e. The number of anilines is 2. The van der Waals surface area contributed by atoms with Crippen molar-refractivity contribution in [2.45, 2.75) is 0 Å². The van der Waals surface area contributed by atoms with Gasteiger partial charge in [-0.15, -0.1) is 0 Å². The molecule has 0 aromatic heterocycles. The highest BCUT2D eigenvalue weighted by Gasteiger charge is 2.04. The number of carbonyl (C=O) groups is 2. The van der Waals surface area contributed by atoms with E-state index in [1.807, 2.05) is 24.3 Å². The molecule has 3 aromatic carbocycles. The molecule has 0 amide bonds. The molecule has 0 fully saturated rings. The molecule has 6 nitrogen and oxygen atoms in total. The van der Waals surface area contributed by atoms with Crippen LogP contribution in [-0.4, -0.2) is 25.8 Å². The van der Waals surface area contributed by atoms with Gasteiger partial charge < -0.3 is 20.1 Å². The Hall–Kier alpha value is -4.32. The van der Waals surface area contributed by atoms with E-state index < -0.39 is 0 Å². The van der Waals surface area contributed by atoms with Crippen LogP contribution in [0.4, 0.5) is 11.4 Å². The summed E-state index contributed by atoms with van der Waals surface area (Å²) in [6, 6.07) is 21.4. The minimum atomic E-state index is -0.125. The Morgan fingerprint density at radius 1 is 0.656 bits per heavy atom. The fourth-order valence-electron chi connectivity index (χ4n) is 2.83. The second-order valence-electron chi connectivity index (χ2n) is 6.73. The zero-order valence-electron chi connectivity index (χ0n) is 17.9. The third-order valence-electron chi connectivity index (χ3n) is 4.56. The third-order valence-corrected chi connectivity index (χ3v) is 4.56. The van der Waals surface area contributed by atoms with E-state index in [4.69, 9.17) is 9.47 Å². The standard InChI is InChI=1S/C26H24N2O4/c1-31-23-7-3-5-19(17-23)25(29)13-15-27-21-9-11-22(12-10-21)28-16-14-26(30)20-6-4-8-24(18-20)32-2/h3-18,27-28H,1-2H3/b15-13+,16-14+. The van der Waals surface area contributed by atoms with E-state index in [1.165, 1.54) is 12.2 Å². The molecule has 0 aliphatic rings. The maximum absolute atomic E-state index is 12.2. The normalized spacial score (nSPS) is 10.8. The molecule has 0 atom stereocenters. The highest BCUT2D eigenvalue weighted by atomic mass is 16.5. The number of ether oxygens (including phenoxy) is 2. The molecule has 0 bridgehead atoms. The molecule has 0 unspecified atom stereocenters. The molecule has 0 saturated carbocycles. The lowest BCUT2D eigenvalue weighted by molar-refractivity contribution is 0.103. The third kappa shape index (κ3) is 6.34. The molecule has 3 rings (SSSR count). The van der Waals surface area contributed by atoms with Gasteiger partial charge in [0.15, 0.2) is 11.6 Å². The van der Waals surface area contributed by atoms with Crippen molar-refractivity contribution < 1.29 is 19.1 Å². The van der Waals surface area contributed by atoms with Crippen LogP contribution in [0.3, 0.4) is 0 Å². The predicted molar refractivity (Wildman–Crippen MR) is 127 cm³/mol. The van der Waals surface area contributed by atoms with Gasteiger partial charge in [-0.2, -0.15) is 0 Å². The van der Waals surface area contributed by atoms with Crippen LogP contribution in [-0.2, 0) is 0 Å². The Bertz CT molecular complexity index is 1040. The van der Waals surface area contributed by atoms with Gasteiger partial charge >= 0.3 is 0 Å². The molecule has 2 N–H and O–H groups in total. The van der Waals surface area contributed by atoms with Crippen LogP contribution < -0.4 is 20.1 Å². The number of benzene rings is 3. The molecule has 0 saturated heterocycles.